The van der Waals surface area contributed by atoms with Gasteiger partial charge in [-0.05, 0) is 16.5 Å². The second-order valence-corrected chi connectivity index (χ2v) is 9.45. The second kappa shape index (κ2) is 9.82. The molecule has 0 aliphatic heterocycles. The van der Waals surface area contributed by atoms with Crippen LogP contribution < -0.4 is 0 Å². The summed E-state index contributed by atoms with van der Waals surface area (Å²) in [5.41, 5.74) is -0.497. The van der Waals surface area contributed by atoms with Crippen molar-refractivity contribution in [2.75, 3.05) is 7.11 Å². The van der Waals surface area contributed by atoms with Crippen LogP contribution in [0.15, 0.2) is 24.3 Å². The summed E-state index contributed by atoms with van der Waals surface area (Å²) < 4.78 is 233. The SMILES string of the molecule is COC(CC(F)(F)C(F)(F)C(F)(F)C(F)(F)C(F)(F)C(F)(F)C(F)(F)C(F)(F)F)c1ccc(C(C)(C)C)cc1. The molecule has 0 radical (unpaired) electrons. The first-order valence-corrected chi connectivity index (χ1v) is 10.2. The molecule has 0 aromatic heterocycles. The van der Waals surface area contributed by atoms with E-state index in [-0.39, 0.29) is 0 Å². The van der Waals surface area contributed by atoms with Crippen molar-refractivity contribution in [1.82, 2.24) is 0 Å². The van der Waals surface area contributed by atoms with Crippen molar-refractivity contribution < 1.29 is 79.4 Å². The van der Waals surface area contributed by atoms with Gasteiger partial charge < -0.3 is 4.74 Å². The fourth-order valence-corrected chi connectivity index (χ4v) is 3.09. The van der Waals surface area contributed by atoms with Gasteiger partial charge in [0.25, 0.3) is 0 Å². The maximum Gasteiger partial charge on any atom is 0.460 e. The maximum absolute atomic E-state index is 14.3. The summed E-state index contributed by atoms with van der Waals surface area (Å²) in [5, 5.41) is 0. The fraction of sp³-hybridized carbons (Fsp3) is 0.714. The van der Waals surface area contributed by atoms with Crippen LogP contribution in [0.4, 0.5) is 74.6 Å². The summed E-state index contributed by atoms with van der Waals surface area (Å²) in [4.78, 5) is 0. The third-order valence-electron chi connectivity index (χ3n) is 5.66. The van der Waals surface area contributed by atoms with Gasteiger partial charge in [0, 0.05) is 13.5 Å². The third-order valence-corrected chi connectivity index (χ3v) is 5.66. The summed E-state index contributed by atoms with van der Waals surface area (Å²) in [6.07, 6.45) is -12.8. The summed E-state index contributed by atoms with van der Waals surface area (Å²) >= 11 is 0. The van der Waals surface area contributed by atoms with Crippen molar-refractivity contribution in [3.8, 4) is 0 Å². The van der Waals surface area contributed by atoms with Crippen molar-refractivity contribution in [2.24, 2.45) is 0 Å². The number of hydrogen-bond donors (Lipinski definition) is 0. The number of methoxy groups -OCH3 is 1. The van der Waals surface area contributed by atoms with E-state index in [1.807, 2.05) is 0 Å². The number of halogens is 17. The van der Waals surface area contributed by atoms with Crippen molar-refractivity contribution in [3.05, 3.63) is 35.4 Å². The van der Waals surface area contributed by atoms with Gasteiger partial charge in [0.2, 0.25) is 0 Å². The zero-order valence-corrected chi connectivity index (χ0v) is 19.9. The molecule has 39 heavy (non-hydrogen) atoms. The summed E-state index contributed by atoms with van der Waals surface area (Å²) in [6.45, 7) is 5.03. The van der Waals surface area contributed by atoms with Gasteiger partial charge in [0.1, 0.15) is 0 Å². The molecule has 0 aliphatic carbocycles. The Hall–Kier alpha value is -2.01. The lowest BCUT2D eigenvalue weighted by Crippen LogP contribution is -2.74. The molecule has 0 N–H and O–H groups in total. The highest BCUT2D eigenvalue weighted by atomic mass is 19.4. The average molecular weight is 610 g/mol. The lowest BCUT2D eigenvalue weighted by molar-refractivity contribution is -0.462. The molecule has 18 heteroatoms. The highest BCUT2D eigenvalue weighted by Gasteiger charge is 2.95. The summed E-state index contributed by atoms with van der Waals surface area (Å²) in [5.74, 6) is -56.5. The molecule has 228 valence electrons. The molecule has 1 nitrogen and oxygen atoms in total. The van der Waals surface area contributed by atoms with Crippen LogP contribution in [0, 0.1) is 0 Å². The zero-order valence-electron chi connectivity index (χ0n) is 19.9. The summed E-state index contributed by atoms with van der Waals surface area (Å²) in [6, 6.07) is 4.40. The zero-order chi connectivity index (χ0) is 31.5. The van der Waals surface area contributed by atoms with E-state index in [2.05, 4.69) is 4.74 Å². The van der Waals surface area contributed by atoms with Crippen molar-refractivity contribution in [2.45, 2.75) is 86.3 Å². The monoisotopic (exact) mass is 610 g/mol. The Morgan fingerprint density at radius 3 is 1.18 bits per heavy atom. The second-order valence-electron chi connectivity index (χ2n) is 9.45. The van der Waals surface area contributed by atoms with E-state index < -0.39 is 71.1 Å². The van der Waals surface area contributed by atoms with Crippen molar-refractivity contribution in [3.63, 3.8) is 0 Å². The van der Waals surface area contributed by atoms with Crippen LogP contribution in [-0.2, 0) is 10.2 Å². The molecule has 1 aromatic rings. The molecule has 0 saturated heterocycles. The predicted octanol–water partition coefficient (Wildman–Crippen LogP) is 9.07. The van der Waals surface area contributed by atoms with Crippen LogP contribution in [-0.4, -0.2) is 54.7 Å². The molecular weight excluding hydrogens is 591 g/mol. The van der Waals surface area contributed by atoms with Gasteiger partial charge in [-0.15, -0.1) is 0 Å². The smallest absolute Gasteiger partial charge is 0.377 e. The number of benzene rings is 1. The Morgan fingerprint density at radius 1 is 0.538 bits per heavy atom. The average Bonchev–Trinajstić information content (AvgIpc) is 2.75. The van der Waals surface area contributed by atoms with Crippen LogP contribution >= 0.6 is 0 Å². The first kappa shape index (κ1) is 35.0. The molecule has 1 rings (SSSR count). The molecule has 0 spiro atoms. The number of rotatable bonds is 10. The Bertz CT molecular complexity index is 987. The lowest BCUT2D eigenvalue weighted by atomic mass is 9.85. The molecule has 0 aliphatic rings. The van der Waals surface area contributed by atoms with Gasteiger partial charge in [0.15, 0.2) is 0 Å². The van der Waals surface area contributed by atoms with Crippen molar-refractivity contribution >= 4 is 0 Å². The van der Waals surface area contributed by atoms with E-state index in [1.54, 1.807) is 20.8 Å². The fourth-order valence-electron chi connectivity index (χ4n) is 3.09. The molecule has 0 saturated carbocycles. The Morgan fingerprint density at radius 2 is 0.872 bits per heavy atom. The van der Waals surface area contributed by atoms with Crippen LogP contribution in [0.2, 0.25) is 0 Å². The maximum atomic E-state index is 14.3. The highest BCUT2D eigenvalue weighted by molar-refractivity contribution is 5.29. The van der Waals surface area contributed by atoms with Gasteiger partial charge in [-0.25, -0.2) is 0 Å². The Balaban J connectivity index is 3.55. The van der Waals surface area contributed by atoms with E-state index in [1.165, 1.54) is 12.1 Å². The van der Waals surface area contributed by atoms with Gasteiger partial charge >= 0.3 is 47.6 Å². The largest absolute Gasteiger partial charge is 0.460 e. The van der Waals surface area contributed by atoms with E-state index in [4.69, 9.17) is 0 Å². The Labute approximate surface area is 209 Å². The molecular formula is C21H19F17O. The van der Waals surface area contributed by atoms with Crippen LogP contribution in [0.5, 0.6) is 0 Å². The quantitative estimate of drug-likeness (QED) is 0.240. The predicted molar refractivity (Wildman–Crippen MR) is 100 cm³/mol. The first-order chi connectivity index (χ1) is 16.9. The van der Waals surface area contributed by atoms with E-state index in [0.717, 1.165) is 12.1 Å². The first-order valence-electron chi connectivity index (χ1n) is 10.2. The molecule has 0 bridgehead atoms. The summed E-state index contributed by atoms with van der Waals surface area (Å²) in [7, 11) is 0.553. The van der Waals surface area contributed by atoms with Gasteiger partial charge in [0.05, 0.1) is 6.10 Å². The highest BCUT2D eigenvalue weighted by Crippen LogP contribution is 2.64. The number of ether oxygens (including phenoxy) is 1. The topological polar surface area (TPSA) is 9.23 Å². The van der Waals surface area contributed by atoms with E-state index in [0.29, 0.717) is 12.7 Å². The third kappa shape index (κ3) is 5.37. The minimum atomic E-state index is -8.65. The normalized spacial score (nSPS) is 16.4. The minimum Gasteiger partial charge on any atom is -0.377 e. The molecule has 0 amide bonds. The minimum absolute atomic E-state index is 0.460. The number of alkyl halides is 17. The molecule has 1 aromatic carbocycles. The molecule has 1 atom stereocenters. The molecule has 1 unspecified atom stereocenters. The lowest BCUT2D eigenvalue weighted by Gasteiger charge is -2.43. The van der Waals surface area contributed by atoms with E-state index >= 15 is 0 Å². The van der Waals surface area contributed by atoms with Crippen LogP contribution in [0.3, 0.4) is 0 Å². The molecule has 0 heterocycles. The van der Waals surface area contributed by atoms with Gasteiger partial charge in [-0.3, -0.25) is 0 Å². The molecule has 0 fully saturated rings. The van der Waals surface area contributed by atoms with Crippen molar-refractivity contribution in [1.29, 1.82) is 0 Å². The Kier molecular flexibility index (Phi) is 8.82. The van der Waals surface area contributed by atoms with Gasteiger partial charge in [-0.1, -0.05) is 45.0 Å². The van der Waals surface area contributed by atoms with Gasteiger partial charge in [-0.2, -0.15) is 74.6 Å². The number of hydrogen-bond acceptors (Lipinski definition) is 1. The standard InChI is InChI=1S/C21H19F17O/c1-13(2,3)11-7-5-10(6-8-11)12(39-4)9-14(22,23)15(24,25)16(26,27)17(28,29)18(30,31)19(32,33)20(34,35)21(36,37)38/h5-8,12H,9H2,1-4H3. The van der Waals surface area contributed by atoms with Crippen LogP contribution in [0.25, 0.3) is 0 Å². The van der Waals surface area contributed by atoms with E-state index in [9.17, 15) is 74.6 Å². The van der Waals surface area contributed by atoms with Crippen LogP contribution in [0.1, 0.15) is 44.4 Å².